The van der Waals surface area contributed by atoms with E-state index in [-0.39, 0.29) is 17.3 Å². The van der Waals surface area contributed by atoms with E-state index in [2.05, 4.69) is 26.1 Å². The SMILES string of the molecule is CC(C)(C)SCC(=O)NC(C)(CO)c1ccccc1. The van der Waals surface area contributed by atoms with Crippen LogP contribution >= 0.6 is 11.8 Å². The molecule has 0 spiro atoms. The predicted molar refractivity (Wildman–Crippen MR) is 81.2 cm³/mol. The number of carbonyl (C=O) groups is 1. The molecule has 19 heavy (non-hydrogen) atoms. The molecular formula is C15H23NO2S. The molecule has 106 valence electrons. The molecule has 1 amide bonds. The third-order valence-electron chi connectivity index (χ3n) is 2.78. The van der Waals surface area contributed by atoms with Gasteiger partial charge in [0.15, 0.2) is 0 Å². The Balaban J connectivity index is 2.69. The molecule has 0 heterocycles. The third kappa shape index (κ3) is 5.25. The molecule has 0 aliphatic carbocycles. The normalized spacial score (nSPS) is 14.8. The van der Waals surface area contributed by atoms with Gasteiger partial charge in [0.1, 0.15) is 0 Å². The van der Waals surface area contributed by atoms with Crippen LogP contribution in [-0.4, -0.2) is 28.1 Å². The van der Waals surface area contributed by atoms with Crippen LogP contribution in [0.3, 0.4) is 0 Å². The lowest BCUT2D eigenvalue weighted by Crippen LogP contribution is -2.47. The number of carbonyl (C=O) groups excluding carboxylic acids is 1. The summed E-state index contributed by atoms with van der Waals surface area (Å²) in [5, 5.41) is 12.5. The van der Waals surface area contributed by atoms with Crippen molar-refractivity contribution in [2.45, 2.75) is 38.0 Å². The van der Waals surface area contributed by atoms with Crippen molar-refractivity contribution >= 4 is 17.7 Å². The van der Waals surface area contributed by atoms with E-state index in [0.29, 0.717) is 5.75 Å². The molecule has 4 heteroatoms. The molecule has 1 atom stereocenters. The van der Waals surface area contributed by atoms with E-state index in [1.165, 1.54) is 0 Å². The Kier molecular flexibility index (Phi) is 5.44. The van der Waals surface area contributed by atoms with Crippen LogP contribution in [0.15, 0.2) is 30.3 Å². The molecule has 1 aromatic rings. The third-order valence-corrected chi connectivity index (χ3v) is 4.05. The predicted octanol–water partition coefficient (Wildman–Crippen LogP) is 2.54. The Labute approximate surface area is 119 Å². The first kappa shape index (κ1) is 16.1. The van der Waals surface area contributed by atoms with Crippen LogP contribution in [0.5, 0.6) is 0 Å². The van der Waals surface area contributed by atoms with Crippen molar-refractivity contribution in [2.24, 2.45) is 0 Å². The van der Waals surface area contributed by atoms with Gasteiger partial charge in [-0.25, -0.2) is 0 Å². The molecule has 0 saturated heterocycles. The maximum Gasteiger partial charge on any atom is 0.230 e. The van der Waals surface area contributed by atoms with Crippen molar-refractivity contribution in [1.29, 1.82) is 0 Å². The highest BCUT2D eigenvalue weighted by Crippen LogP contribution is 2.24. The first-order valence-electron chi connectivity index (χ1n) is 6.38. The summed E-state index contributed by atoms with van der Waals surface area (Å²) in [6, 6.07) is 9.54. The van der Waals surface area contributed by atoms with Gasteiger partial charge in [-0.2, -0.15) is 0 Å². The summed E-state index contributed by atoms with van der Waals surface area (Å²) in [6.45, 7) is 7.94. The Bertz CT molecular complexity index is 414. The number of nitrogens with one attached hydrogen (secondary N) is 1. The van der Waals surface area contributed by atoms with Crippen LogP contribution in [0.2, 0.25) is 0 Å². The summed E-state index contributed by atoms with van der Waals surface area (Å²) in [4.78, 5) is 12.0. The van der Waals surface area contributed by atoms with Crippen LogP contribution < -0.4 is 5.32 Å². The summed E-state index contributed by atoms with van der Waals surface area (Å²) in [7, 11) is 0. The van der Waals surface area contributed by atoms with Gasteiger partial charge in [-0.05, 0) is 12.5 Å². The van der Waals surface area contributed by atoms with Gasteiger partial charge in [-0.15, -0.1) is 11.8 Å². The fraction of sp³-hybridized carbons (Fsp3) is 0.533. The second-order valence-electron chi connectivity index (χ2n) is 5.81. The minimum absolute atomic E-state index is 0.0553. The fourth-order valence-corrected chi connectivity index (χ4v) is 2.27. The van der Waals surface area contributed by atoms with Gasteiger partial charge < -0.3 is 10.4 Å². The van der Waals surface area contributed by atoms with Crippen molar-refractivity contribution in [3.63, 3.8) is 0 Å². The van der Waals surface area contributed by atoms with Crippen LogP contribution in [-0.2, 0) is 10.3 Å². The second kappa shape index (κ2) is 6.44. The van der Waals surface area contributed by atoms with Gasteiger partial charge in [0.25, 0.3) is 0 Å². The van der Waals surface area contributed by atoms with Crippen LogP contribution in [0.1, 0.15) is 33.3 Å². The maximum absolute atomic E-state index is 12.0. The topological polar surface area (TPSA) is 49.3 Å². The van der Waals surface area contributed by atoms with Gasteiger partial charge in [0.2, 0.25) is 5.91 Å². The number of benzene rings is 1. The number of hydrogen-bond acceptors (Lipinski definition) is 3. The van der Waals surface area contributed by atoms with Crippen LogP contribution in [0.4, 0.5) is 0 Å². The van der Waals surface area contributed by atoms with E-state index in [9.17, 15) is 9.90 Å². The molecule has 3 nitrogen and oxygen atoms in total. The Hall–Kier alpha value is -1.00. The molecule has 1 unspecified atom stereocenters. The highest BCUT2D eigenvalue weighted by Gasteiger charge is 2.28. The summed E-state index contributed by atoms with van der Waals surface area (Å²) in [5.74, 6) is 0.340. The zero-order valence-electron chi connectivity index (χ0n) is 12.1. The van der Waals surface area contributed by atoms with Crippen LogP contribution in [0.25, 0.3) is 0 Å². The van der Waals surface area contributed by atoms with Gasteiger partial charge in [-0.1, -0.05) is 51.1 Å². The highest BCUT2D eigenvalue weighted by molar-refractivity contribution is 8.01. The van der Waals surface area contributed by atoms with Gasteiger partial charge >= 0.3 is 0 Å². The fourth-order valence-electron chi connectivity index (χ4n) is 1.63. The Morgan fingerprint density at radius 2 is 1.79 bits per heavy atom. The standard InChI is InChI=1S/C15H23NO2S/c1-14(2,3)19-10-13(18)16-15(4,11-17)12-8-6-5-7-9-12/h5-9,17H,10-11H2,1-4H3,(H,16,18). The lowest BCUT2D eigenvalue weighted by Gasteiger charge is -2.30. The largest absolute Gasteiger partial charge is 0.394 e. The second-order valence-corrected chi connectivity index (χ2v) is 7.61. The minimum Gasteiger partial charge on any atom is -0.394 e. The van der Waals surface area contributed by atoms with E-state index in [1.807, 2.05) is 37.3 Å². The van der Waals surface area contributed by atoms with E-state index in [1.54, 1.807) is 11.8 Å². The molecule has 2 N–H and O–H groups in total. The molecule has 0 aliphatic rings. The average molecular weight is 281 g/mol. The molecule has 1 aromatic carbocycles. The summed E-state index contributed by atoms with van der Waals surface area (Å²) in [6.07, 6.45) is 0. The Morgan fingerprint density at radius 1 is 1.21 bits per heavy atom. The maximum atomic E-state index is 12.0. The number of amides is 1. The monoisotopic (exact) mass is 281 g/mol. The lowest BCUT2D eigenvalue weighted by molar-refractivity contribution is -0.121. The van der Waals surface area contributed by atoms with Crippen molar-refractivity contribution in [3.8, 4) is 0 Å². The minimum atomic E-state index is -0.725. The quantitative estimate of drug-likeness (QED) is 0.872. The van der Waals surface area contributed by atoms with E-state index < -0.39 is 5.54 Å². The molecule has 0 fully saturated rings. The van der Waals surface area contributed by atoms with Crippen molar-refractivity contribution in [2.75, 3.05) is 12.4 Å². The van der Waals surface area contributed by atoms with E-state index >= 15 is 0 Å². The number of aliphatic hydroxyl groups excluding tert-OH is 1. The number of thioether (sulfide) groups is 1. The number of rotatable bonds is 5. The molecule has 0 bridgehead atoms. The van der Waals surface area contributed by atoms with Crippen molar-refractivity contribution < 1.29 is 9.90 Å². The molecular weight excluding hydrogens is 258 g/mol. The lowest BCUT2D eigenvalue weighted by atomic mass is 9.93. The summed E-state index contributed by atoms with van der Waals surface area (Å²) >= 11 is 1.59. The van der Waals surface area contributed by atoms with Crippen molar-refractivity contribution in [1.82, 2.24) is 5.32 Å². The van der Waals surface area contributed by atoms with Crippen LogP contribution in [0, 0.1) is 0 Å². The zero-order valence-corrected chi connectivity index (χ0v) is 12.9. The first-order chi connectivity index (χ1) is 8.77. The highest BCUT2D eigenvalue weighted by atomic mass is 32.2. The molecule has 0 saturated carbocycles. The molecule has 0 radical (unpaired) electrons. The molecule has 0 aliphatic heterocycles. The van der Waals surface area contributed by atoms with Gasteiger partial charge in [0.05, 0.1) is 17.9 Å². The van der Waals surface area contributed by atoms with Gasteiger partial charge in [0, 0.05) is 4.75 Å². The summed E-state index contributed by atoms with van der Waals surface area (Å²) in [5.41, 5.74) is 0.183. The van der Waals surface area contributed by atoms with E-state index in [4.69, 9.17) is 0 Å². The zero-order chi connectivity index (χ0) is 14.5. The van der Waals surface area contributed by atoms with E-state index in [0.717, 1.165) is 5.56 Å². The van der Waals surface area contributed by atoms with Crippen molar-refractivity contribution in [3.05, 3.63) is 35.9 Å². The van der Waals surface area contributed by atoms with Gasteiger partial charge in [-0.3, -0.25) is 4.79 Å². The molecule has 0 aromatic heterocycles. The smallest absolute Gasteiger partial charge is 0.230 e. The number of aliphatic hydroxyl groups is 1. The molecule has 1 rings (SSSR count). The Morgan fingerprint density at radius 3 is 2.26 bits per heavy atom. The number of hydrogen-bond donors (Lipinski definition) is 2. The first-order valence-corrected chi connectivity index (χ1v) is 7.37. The summed E-state index contributed by atoms with van der Waals surface area (Å²) < 4.78 is 0.0553. The average Bonchev–Trinajstić information content (AvgIpc) is 2.36.